The van der Waals surface area contributed by atoms with E-state index in [1.807, 2.05) is 18.2 Å². The number of Topliss-reactive ketones (excluding diaryl/α,β-unsaturated/α-hetero) is 1. The number of carbonyl (C=O) groups is 1. The van der Waals surface area contributed by atoms with Crippen LogP contribution in [0.25, 0.3) is 0 Å². The van der Waals surface area contributed by atoms with Crippen LogP contribution in [0, 0.1) is 0 Å². The number of ether oxygens (including phenoxy) is 2. The molecule has 0 N–H and O–H groups in total. The van der Waals surface area contributed by atoms with Crippen LogP contribution in [0.4, 0.5) is 0 Å². The summed E-state index contributed by atoms with van der Waals surface area (Å²) < 4.78 is 10.8. The van der Waals surface area contributed by atoms with E-state index in [-0.39, 0.29) is 19.0 Å². The molecule has 1 heterocycles. The first-order chi connectivity index (χ1) is 8.29. The first-order valence-corrected chi connectivity index (χ1v) is 6.20. The van der Waals surface area contributed by atoms with Gasteiger partial charge >= 0.3 is 0 Å². The molecular formula is C14H18O3. The second-order valence-corrected chi connectivity index (χ2v) is 4.35. The Kier molecular flexibility index (Phi) is 4.02. The van der Waals surface area contributed by atoms with Gasteiger partial charge < -0.3 is 9.47 Å². The van der Waals surface area contributed by atoms with Crippen LogP contribution in [-0.4, -0.2) is 19.0 Å². The summed E-state index contributed by atoms with van der Waals surface area (Å²) in [6.07, 6.45) is 4.71. The van der Waals surface area contributed by atoms with E-state index in [0.29, 0.717) is 11.5 Å². The summed E-state index contributed by atoms with van der Waals surface area (Å²) in [5, 5.41) is 0. The number of rotatable bonds is 4. The summed E-state index contributed by atoms with van der Waals surface area (Å²) >= 11 is 0. The van der Waals surface area contributed by atoms with Crippen LogP contribution >= 0.6 is 0 Å². The molecule has 0 atom stereocenters. The SMILES string of the molecule is CCCCCc1ccc2c(c1)OCC(=O)CO2. The lowest BCUT2D eigenvalue weighted by Gasteiger charge is -2.08. The molecule has 92 valence electrons. The Bertz CT molecular complexity index is 398. The molecule has 0 amide bonds. The minimum atomic E-state index is -0.0197. The summed E-state index contributed by atoms with van der Waals surface area (Å²) in [7, 11) is 0. The third-order valence-corrected chi connectivity index (χ3v) is 2.85. The second-order valence-electron chi connectivity index (χ2n) is 4.35. The van der Waals surface area contributed by atoms with Crippen molar-refractivity contribution in [1.82, 2.24) is 0 Å². The molecule has 3 nitrogen and oxygen atoms in total. The molecule has 0 aliphatic carbocycles. The monoisotopic (exact) mass is 234 g/mol. The molecule has 1 aliphatic heterocycles. The number of benzene rings is 1. The Hall–Kier alpha value is -1.51. The van der Waals surface area contributed by atoms with Crippen LogP contribution in [0.2, 0.25) is 0 Å². The van der Waals surface area contributed by atoms with Crippen LogP contribution in [0.3, 0.4) is 0 Å². The zero-order valence-electron chi connectivity index (χ0n) is 10.2. The molecule has 0 saturated heterocycles. The van der Waals surface area contributed by atoms with Gasteiger partial charge in [0.15, 0.2) is 24.7 Å². The summed E-state index contributed by atoms with van der Waals surface area (Å²) in [6, 6.07) is 5.94. The average Bonchev–Trinajstić information content (AvgIpc) is 2.52. The van der Waals surface area contributed by atoms with Gasteiger partial charge in [0.05, 0.1) is 0 Å². The van der Waals surface area contributed by atoms with Crippen molar-refractivity contribution in [3.05, 3.63) is 23.8 Å². The number of aryl methyl sites for hydroxylation is 1. The standard InChI is InChI=1S/C14H18O3/c1-2-3-4-5-11-6-7-13-14(8-11)17-10-12(15)9-16-13/h6-8H,2-5,9-10H2,1H3. The van der Waals surface area contributed by atoms with Gasteiger partial charge in [0.2, 0.25) is 5.78 Å². The van der Waals surface area contributed by atoms with Crippen LogP contribution in [-0.2, 0) is 11.2 Å². The number of fused-ring (bicyclic) bond motifs is 1. The average molecular weight is 234 g/mol. The quantitative estimate of drug-likeness (QED) is 0.751. The number of hydrogen-bond donors (Lipinski definition) is 0. The van der Waals surface area contributed by atoms with E-state index in [0.717, 1.165) is 6.42 Å². The van der Waals surface area contributed by atoms with Gasteiger partial charge in [-0.25, -0.2) is 0 Å². The maximum absolute atomic E-state index is 11.2. The Balaban J connectivity index is 2.05. The van der Waals surface area contributed by atoms with Crippen LogP contribution < -0.4 is 9.47 Å². The molecule has 3 heteroatoms. The van der Waals surface area contributed by atoms with Crippen molar-refractivity contribution in [3.8, 4) is 11.5 Å². The summed E-state index contributed by atoms with van der Waals surface area (Å²) in [5.41, 5.74) is 1.25. The fourth-order valence-electron chi connectivity index (χ4n) is 1.88. The lowest BCUT2D eigenvalue weighted by atomic mass is 10.1. The third kappa shape index (κ3) is 3.22. The lowest BCUT2D eigenvalue weighted by molar-refractivity contribution is -0.122. The van der Waals surface area contributed by atoms with Crippen LogP contribution in [0.1, 0.15) is 31.7 Å². The molecular weight excluding hydrogens is 216 g/mol. The topological polar surface area (TPSA) is 35.5 Å². The van der Waals surface area contributed by atoms with E-state index < -0.39 is 0 Å². The van der Waals surface area contributed by atoms with E-state index in [1.165, 1.54) is 24.8 Å². The van der Waals surface area contributed by atoms with Gasteiger partial charge in [0, 0.05) is 0 Å². The molecule has 17 heavy (non-hydrogen) atoms. The highest BCUT2D eigenvalue weighted by Crippen LogP contribution is 2.30. The fraction of sp³-hybridized carbons (Fsp3) is 0.500. The first kappa shape index (κ1) is 12.0. The normalized spacial score (nSPS) is 14.5. The predicted octanol–water partition coefficient (Wildman–Crippen LogP) is 2.76. The fourth-order valence-corrected chi connectivity index (χ4v) is 1.88. The Morgan fingerprint density at radius 2 is 1.88 bits per heavy atom. The second kappa shape index (κ2) is 5.71. The van der Waals surface area contributed by atoms with E-state index in [4.69, 9.17) is 9.47 Å². The zero-order chi connectivity index (χ0) is 12.1. The number of hydrogen-bond acceptors (Lipinski definition) is 3. The molecule has 0 radical (unpaired) electrons. The number of ketones is 1. The number of unbranched alkanes of at least 4 members (excludes halogenated alkanes) is 2. The van der Waals surface area contributed by atoms with Gasteiger partial charge in [-0.3, -0.25) is 4.79 Å². The van der Waals surface area contributed by atoms with E-state index in [9.17, 15) is 4.79 Å². The Morgan fingerprint density at radius 3 is 2.65 bits per heavy atom. The smallest absolute Gasteiger partial charge is 0.207 e. The van der Waals surface area contributed by atoms with Crippen molar-refractivity contribution >= 4 is 5.78 Å². The van der Waals surface area contributed by atoms with Crippen molar-refractivity contribution in [3.63, 3.8) is 0 Å². The molecule has 0 bridgehead atoms. The van der Waals surface area contributed by atoms with Crippen molar-refractivity contribution < 1.29 is 14.3 Å². The van der Waals surface area contributed by atoms with Crippen molar-refractivity contribution in [1.29, 1.82) is 0 Å². The van der Waals surface area contributed by atoms with Crippen LogP contribution in [0.5, 0.6) is 11.5 Å². The molecule has 2 rings (SSSR count). The van der Waals surface area contributed by atoms with Gasteiger partial charge in [-0.15, -0.1) is 0 Å². The molecule has 0 fully saturated rings. The molecule has 1 aromatic rings. The van der Waals surface area contributed by atoms with Gasteiger partial charge in [0.1, 0.15) is 0 Å². The van der Waals surface area contributed by atoms with Gasteiger partial charge in [0.25, 0.3) is 0 Å². The zero-order valence-corrected chi connectivity index (χ0v) is 10.2. The highest BCUT2D eigenvalue weighted by molar-refractivity contribution is 5.82. The first-order valence-electron chi connectivity index (χ1n) is 6.20. The minimum Gasteiger partial charge on any atom is -0.482 e. The summed E-state index contributed by atoms with van der Waals surface area (Å²) in [5.74, 6) is 1.36. The molecule has 1 aliphatic rings. The predicted molar refractivity (Wildman–Crippen MR) is 65.7 cm³/mol. The maximum Gasteiger partial charge on any atom is 0.207 e. The Labute approximate surface area is 102 Å². The lowest BCUT2D eigenvalue weighted by Crippen LogP contribution is -2.15. The largest absolute Gasteiger partial charge is 0.482 e. The van der Waals surface area contributed by atoms with E-state index in [2.05, 4.69) is 6.92 Å². The molecule has 1 aromatic carbocycles. The van der Waals surface area contributed by atoms with E-state index >= 15 is 0 Å². The highest BCUT2D eigenvalue weighted by atomic mass is 16.5. The number of carbonyl (C=O) groups excluding carboxylic acids is 1. The van der Waals surface area contributed by atoms with Crippen molar-refractivity contribution in [2.24, 2.45) is 0 Å². The molecule has 0 spiro atoms. The van der Waals surface area contributed by atoms with Gasteiger partial charge in [-0.2, -0.15) is 0 Å². The molecule has 0 aromatic heterocycles. The van der Waals surface area contributed by atoms with Crippen molar-refractivity contribution in [2.45, 2.75) is 32.6 Å². The molecule has 0 saturated carbocycles. The maximum atomic E-state index is 11.2. The van der Waals surface area contributed by atoms with Gasteiger partial charge in [-0.05, 0) is 30.5 Å². The highest BCUT2D eigenvalue weighted by Gasteiger charge is 2.15. The summed E-state index contributed by atoms with van der Waals surface area (Å²) in [6.45, 7) is 2.42. The summed E-state index contributed by atoms with van der Waals surface area (Å²) in [4.78, 5) is 11.2. The molecule has 0 unspecified atom stereocenters. The van der Waals surface area contributed by atoms with Crippen molar-refractivity contribution in [2.75, 3.05) is 13.2 Å². The third-order valence-electron chi connectivity index (χ3n) is 2.85. The minimum absolute atomic E-state index is 0.0197. The van der Waals surface area contributed by atoms with E-state index in [1.54, 1.807) is 0 Å². The van der Waals surface area contributed by atoms with Gasteiger partial charge in [-0.1, -0.05) is 25.8 Å². The van der Waals surface area contributed by atoms with Crippen LogP contribution in [0.15, 0.2) is 18.2 Å². The Morgan fingerprint density at radius 1 is 1.12 bits per heavy atom.